The molecule has 3 aromatic carbocycles. The first-order valence-electron chi connectivity index (χ1n) is 39.1. The Morgan fingerprint density at radius 3 is 1.86 bits per heavy atom. The van der Waals surface area contributed by atoms with Crippen LogP contribution in [0.25, 0.3) is 0 Å². The van der Waals surface area contributed by atoms with Crippen LogP contribution in [0.15, 0.2) is 148 Å². The molecule has 2 aliphatic rings. The van der Waals surface area contributed by atoms with Gasteiger partial charge in [-0.3, -0.25) is 43.2 Å². The summed E-state index contributed by atoms with van der Waals surface area (Å²) in [6, 6.07) is 28.9. The normalized spacial score (nSPS) is 16.6. The number of ketones is 3. The molecule has 9 amide bonds. The number of ether oxygens (including phenoxy) is 5. The summed E-state index contributed by atoms with van der Waals surface area (Å²) in [5.41, 5.74) is 7.26. The number of aliphatic hydroxyl groups is 1. The van der Waals surface area contributed by atoms with Crippen LogP contribution in [0.1, 0.15) is 144 Å². The van der Waals surface area contributed by atoms with Gasteiger partial charge in [-0.15, -0.1) is 0 Å². The van der Waals surface area contributed by atoms with Gasteiger partial charge >= 0.3 is 12.1 Å². The lowest BCUT2D eigenvalue weighted by molar-refractivity contribution is -0.149. The van der Waals surface area contributed by atoms with E-state index in [1.165, 1.54) is 19.1 Å². The van der Waals surface area contributed by atoms with E-state index in [-0.39, 0.29) is 116 Å². The SMILES string of the molecule is CCC(C)[C@@H]([C@@H](CC(=O)N1CCC[C@H]1[C@H](OC)[C@@H](C)C(=O)C[C@H](C)[C@@H](O)c1ccccc1)OC)N(C)C(=O)[C@@H](CC(=O)[C@H](C(C)C)N(C)C(=O)OCc1ccc(NC(=O)[C@H](CCCNC(N)=O)CC(=O)[C@@H](NC(=O)COCCOc2ccc(N3C(=O)C(Sc4ccccn4)=C(Sc4ccccn4)C3=O)cc2)C(C)C)cc1)C(C)C. The zero-order valence-electron chi connectivity index (χ0n) is 67.9. The number of hydrogen-bond donors (Lipinski definition) is 5. The van der Waals surface area contributed by atoms with Crippen LogP contribution in [0.2, 0.25) is 0 Å². The van der Waals surface area contributed by atoms with E-state index in [1.54, 1.807) is 149 Å². The Balaban J connectivity index is 0.889. The third-order valence-corrected chi connectivity index (χ3v) is 23.2. The summed E-state index contributed by atoms with van der Waals surface area (Å²) < 4.78 is 29.4. The number of methoxy groups -OCH3 is 2. The standard InChI is InChI=1S/C85H114N10O17S2/c1-15-54(8)75(68(108-13)48-72(100)94-42-24-28-64(94)77(109-14)56(10)65(96)45-55(9)76(101)58-25-17-16-18-26-58)92(11)81(103)63(51(2)3)47-67(98)74(53(6)7)93(12)85(107)112-49-57-31-33-60(34-32-57)90-80(102)59(27-23-41-89-84(86)106)46-66(97)73(52(4)5)91-69(99)50-110-43-44-111-62-37-35-61(36-38-62)95-82(104)78(113-70-29-19-21-39-87-70)79(83(95)105)114-71-30-20-22-40-88-71/h16-22,25-26,29-40,51-56,59,63-64,68,73-77,101H,15,23-24,27-28,41-50H2,1-14H3,(H,90,102)(H,91,99)(H3,86,89,106)/t54?,55-,56-,59+,63-,64-,68+,73-,74-,75-,76+,77+/m0/s1. The number of aromatic nitrogens is 2. The summed E-state index contributed by atoms with van der Waals surface area (Å²) in [6.45, 7) is 18.5. The third-order valence-electron chi connectivity index (χ3n) is 21.0. The first-order valence-corrected chi connectivity index (χ1v) is 40.7. The fourth-order valence-corrected chi connectivity index (χ4v) is 16.5. The minimum atomic E-state index is -1.00. The highest BCUT2D eigenvalue weighted by Gasteiger charge is 2.45. The molecule has 1 unspecified atom stereocenters. The monoisotopic (exact) mass is 1610 g/mol. The van der Waals surface area contributed by atoms with E-state index >= 15 is 0 Å². The molecule has 114 heavy (non-hydrogen) atoms. The number of nitrogens with two attached hydrogens (primary N) is 1. The molecule has 1 saturated heterocycles. The first kappa shape index (κ1) is 91.8. The molecule has 6 N–H and O–H groups in total. The highest BCUT2D eigenvalue weighted by Crippen LogP contribution is 2.44. The van der Waals surface area contributed by atoms with Gasteiger partial charge in [0.05, 0.1) is 71.0 Å². The fourth-order valence-electron chi connectivity index (χ4n) is 14.6. The molecule has 0 radical (unpaired) electrons. The van der Waals surface area contributed by atoms with Crippen molar-refractivity contribution < 1.29 is 81.5 Å². The average Bonchev–Trinajstić information content (AvgIpc) is 1.62. The second kappa shape index (κ2) is 45.1. The predicted octanol–water partition coefficient (Wildman–Crippen LogP) is 11.4. The number of anilines is 2. The molecule has 0 spiro atoms. The molecule has 2 aliphatic heterocycles. The minimum absolute atomic E-state index is 0.0190. The van der Waals surface area contributed by atoms with Crippen molar-refractivity contribution >= 4 is 99.8 Å². The molecule has 1 fully saturated rings. The molecule has 5 aromatic rings. The summed E-state index contributed by atoms with van der Waals surface area (Å²) in [4.78, 5) is 167. The van der Waals surface area contributed by atoms with Gasteiger partial charge in [0.25, 0.3) is 11.8 Å². The Bertz CT molecular complexity index is 4000. The number of rotatable bonds is 46. The van der Waals surface area contributed by atoms with Gasteiger partial charge < -0.3 is 65.2 Å². The van der Waals surface area contributed by atoms with Gasteiger partial charge in [0.15, 0.2) is 11.6 Å². The lowest BCUT2D eigenvalue weighted by Crippen LogP contribution is -2.54. The van der Waals surface area contributed by atoms with Crippen LogP contribution in [-0.2, 0) is 68.7 Å². The van der Waals surface area contributed by atoms with Crippen LogP contribution in [0.5, 0.6) is 5.75 Å². The number of carbonyl (C=O) groups is 11. The molecule has 4 heterocycles. The number of hydrogen-bond acceptors (Lipinski definition) is 21. The van der Waals surface area contributed by atoms with Crippen LogP contribution in [0, 0.1) is 47.3 Å². The quantitative estimate of drug-likeness (QED) is 0.0178. The molecule has 27 nitrogen and oxygen atoms in total. The predicted molar refractivity (Wildman–Crippen MR) is 435 cm³/mol. The number of likely N-dealkylation sites (N-methyl/N-ethyl adjacent to an activating group) is 2. The van der Waals surface area contributed by atoms with Gasteiger partial charge in [-0.05, 0) is 127 Å². The molecule has 618 valence electrons. The summed E-state index contributed by atoms with van der Waals surface area (Å²) in [6.07, 6.45) is 2.23. The molecular weight excluding hydrogens is 1500 g/mol. The number of urea groups is 1. The topological polar surface area (TPSA) is 355 Å². The van der Waals surface area contributed by atoms with E-state index < -0.39 is 120 Å². The first-order chi connectivity index (χ1) is 54.4. The number of Topliss-reactive ketones (excluding diaryl/α,β-unsaturated/α-hetero) is 3. The van der Waals surface area contributed by atoms with Crippen LogP contribution in [0.4, 0.5) is 21.0 Å². The number of primary amides is 1. The highest BCUT2D eigenvalue weighted by atomic mass is 32.2. The molecule has 2 aromatic heterocycles. The van der Waals surface area contributed by atoms with Crippen molar-refractivity contribution in [2.45, 2.75) is 186 Å². The second-order valence-corrected chi connectivity index (χ2v) is 32.3. The summed E-state index contributed by atoms with van der Waals surface area (Å²) in [5.74, 6) is -6.98. The van der Waals surface area contributed by atoms with E-state index in [1.807, 2.05) is 71.9 Å². The molecule has 29 heteroatoms. The van der Waals surface area contributed by atoms with E-state index in [4.69, 9.17) is 29.4 Å². The third kappa shape index (κ3) is 25.8. The van der Waals surface area contributed by atoms with Crippen molar-refractivity contribution in [2.24, 2.45) is 53.1 Å². The van der Waals surface area contributed by atoms with Gasteiger partial charge in [-0.25, -0.2) is 24.5 Å². The number of benzene rings is 3. The van der Waals surface area contributed by atoms with Crippen molar-refractivity contribution in [3.8, 4) is 5.75 Å². The van der Waals surface area contributed by atoms with Crippen LogP contribution in [-0.4, -0.2) is 192 Å². The number of nitrogens with one attached hydrogen (secondary N) is 3. The van der Waals surface area contributed by atoms with E-state index in [0.717, 1.165) is 34.0 Å². The van der Waals surface area contributed by atoms with Gasteiger partial charge in [-0.1, -0.05) is 154 Å². The summed E-state index contributed by atoms with van der Waals surface area (Å²) in [7, 11) is 6.23. The maximum Gasteiger partial charge on any atom is 0.410 e. The van der Waals surface area contributed by atoms with Crippen LogP contribution < -0.4 is 31.3 Å². The number of carbonyl (C=O) groups excluding carboxylic acids is 11. The zero-order valence-corrected chi connectivity index (χ0v) is 69.6. The Hall–Kier alpha value is -9.39. The van der Waals surface area contributed by atoms with Gasteiger partial charge in [0.2, 0.25) is 23.6 Å². The molecule has 12 atom stereocenters. The highest BCUT2D eigenvalue weighted by molar-refractivity contribution is 8.08. The van der Waals surface area contributed by atoms with Gasteiger partial charge in [-0.2, -0.15) is 0 Å². The van der Waals surface area contributed by atoms with Crippen molar-refractivity contribution in [1.82, 2.24) is 35.3 Å². The summed E-state index contributed by atoms with van der Waals surface area (Å²) >= 11 is 2.19. The second-order valence-electron chi connectivity index (χ2n) is 30.3. The maximum absolute atomic E-state index is 15.0. The smallest absolute Gasteiger partial charge is 0.410 e. The van der Waals surface area contributed by atoms with E-state index in [9.17, 15) is 57.8 Å². The maximum atomic E-state index is 15.0. The lowest BCUT2D eigenvalue weighted by atomic mass is 9.83. The Morgan fingerprint density at radius 2 is 1.31 bits per heavy atom. The largest absolute Gasteiger partial charge is 0.491 e. The van der Waals surface area contributed by atoms with Crippen LogP contribution in [0.3, 0.4) is 0 Å². The van der Waals surface area contributed by atoms with Crippen molar-refractivity contribution in [3.05, 3.63) is 149 Å². The van der Waals surface area contributed by atoms with Gasteiger partial charge in [0, 0.05) is 96.5 Å². The van der Waals surface area contributed by atoms with E-state index in [0.29, 0.717) is 58.5 Å². The van der Waals surface area contributed by atoms with Crippen molar-refractivity contribution in [1.29, 1.82) is 0 Å². The number of likely N-dealkylation sites (tertiary alicyclic amines) is 1. The average molecular weight is 1610 g/mol. The van der Waals surface area contributed by atoms with E-state index in [2.05, 4.69) is 25.9 Å². The zero-order chi connectivity index (χ0) is 83.5. The molecule has 0 saturated carbocycles. The van der Waals surface area contributed by atoms with Crippen molar-refractivity contribution in [2.75, 3.05) is 71.4 Å². The minimum Gasteiger partial charge on any atom is -0.491 e. The number of imide groups is 1. The number of thioether (sulfide) groups is 2. The molecule has 7 rings (SSSR count). The number of pyridine rings is 2. The van der Waals surface area contributed by atoms with Crippen LogP contribution >= 0.6 is 23.5 Å². The number of nitrogens with zero attached hydrogens (tertiary/aromatic N) is 6. The summed E-state index contributed by atoms with van der Waals surface area (Å²) in [5, 5.41) is 20.3. The fraction of sp³-hybridized carbons (Fsp3) is 0.518. The molecule has 0 aliphatic carbocycles. The Morgan fingerprint density at radius 1 is 0.684 bits per heavy atom. The molecular formula is C85H114N10O17S2. The number of aliphatic hydroxyl groups excluding tert-OH is 1. The lowest BCUT2D eigenvalue weighted by Gasteiger charge is -2.41. The molecule has 0 bridgehead atoms. The number of amides is 9. The van der Waals surface area contributed by atoms with Crippen molar-refractivity contribution in [3.63, 3.8) is 0 Å². The Labute approximate surface area is 678 Å². The Kier molecular flexibility index (Phi) is 36.3. The van der Waals surface area contributed by atoms with Gasteiger partial charge in [0.1, 0.15) is 41.4 Å².